The Balaban J connectivity index is 3.29. The fourth-order valence-corrected chi connectivity index (χ4v) is 1.33. The Morgan fingerprint density at radius 1 is 1.69 bits per heavy atom. The minimum absolute atomic E-state index is 0.0512. The number of nitrogen functional groups attached to an aromatic ring is 1. The van der Waals surface area contributed by atoms with Crippen LogP contribution < -0.4 is 5.73 Å². The summed E-state index contributed by atoms with van der Waals surface area (Å²) in [6, 6.07) is 1.06. The van der Waals surface area contributed by atoms with E-state index in [0.717, 1.165) is 6.07 Å². The second-order valence-corrected chi connectivity index (χ2v) is 3.20. The van der Waals surface area contributed by atoms with Crippen LogP contribution in [-0.2, 0) is 4.74 Å². The van der Waals surface area contributed by atoms with Crippen molar-refractivity contribution in [2.24, 2.45) is 0 Å². The Morgan fingerprint density at radius 3 is 2.81 bits per heavy atom. The van der Waals surface area contributed by atoms with Gasteiger partial charge in [-0.2, -0.15) is 0 Å². The molecule has 1 heterocycles. The number of alkyl halides is 2. The maximum absolute atomic E-state index is 12.6. The summed E-state index contributed by atoms with van der Waals surface area (Å²) in [4.78, 5) is 14.8. The van der Waals surface area contributed by atoms with E-state index in [1.54, 1.807) is 6.92 Å². The average molecular weight is 251 g/mol. The smallest absolute Gasteiger partial charge is 0.357 e. The summed E-state index contributed by atoms with van der Waals surface area (Å²) in [7, 11) is 0. The first kappa shape index (κ1) is 12.6. The Labute approximate surface area is 95.4 Å². The van der Waals surface area contributed by atoms with Crippen LogP contribution in [0.4, 0.5) is 14.5 Å². The number of nitrogens with two attached hydrogens (primary N) is 1. The Morgan fingerprint density at radius 2 is 2.31 bits per heavy atom. The number of hydrogen-bond donors (Lipinski definition) is 1. The summed E-state index contributed by atoms with van der Waals surface area (Å²) >= 11 is 5.53. The Bertz CT molecular complexity index is 413. The number of nitrogens with zero attached hydrogens (tertiary/aromatic N) is 1. The van der Waals surface area contributed by atoms with Crippen LogP contribution in [0.2, 0.25) is 5.15 Å². The van der Waals surface area contributed by atoms with Crippen molar-refractivity contribution in [1.82, 2.24) is 4.98 Å². The summed E-state index contributed by atoms with van der Waals surface area (Å²) in [6.45, 7) is 1.60. The predicted octanol–water partition coefficient (Wildman–Crippen LogP) is 2.43. The first-order valence-corrected chi connectivity index (χ1v) is 4.76. The Kier molecular flexibility index (Phi) is 4.00. The molecule has 1 rings (SSSR count). The molecule has 0 aromatic carbocycles. The van der Waals surface area contributed by atoms with Gasteiger partial charge in [-0.05, 0) is 13.0 Å². The SMILES string of the molecule is CCOC(=O)c1nc(Cl)cc(N)c1C(F)F. The van der Waals surface area contributed by atoms with Gasteiger partial charge >= 0.3 is 5.97 Å². The first-order valence-electron chi connectivity index (χ1n) is 4.38. The molecule has 1 aromatic rings. The van der Waals surface area contributed by atoms with Crippen LogP contribution in [0.3, 0.4) is 0 Å². The minimum atomic E-state index is -2.91. The number of carbonyl (C=O) groups is 1. The maximum atomic E-state index is 12.6. The molecule has 1 aromatic heterocycles. The molecule has 0 saturated heterocycles. The number of pyridine rings is 1. The number of halogens is 3. The second kappa shape index (κ2) is 5.07. The van der Waals surface area contributed by atoms with Crippen molar-refractivity contribution >= 4 is 23.3 Å². The molecule has 0 atom stereocenters. The van der Waals surface area contributed by atoms with Gasteiger partial charge in [0, 0.05) is 5.69 Å². The third-order valence-corrected chi connectivity index (χ3v) is 1.94. The molecule has 4 nitrogen and oxygen atoms in total. The van der Waals surface area contributed by atoms with Gasteiger partial charge < -0.3 is 10.5 Å². The largest absolute Gasteiger partial charge is 0.461 e. The molecule has 0 aliphatic heterocycles. The molecule has 2 N–H and O–H groups in total. The van der Waals surface area contributed by atoms with Crippen LogP contribution in [0, 0.1) is 0 Å². The molecule has 0 fully saturated rings. The van der Waals surface area contributed by atoms with Crippen molar-refractivity contribution in [3.8, 4) is 0 Å². The standard InChI is InChI=1S/C9H9ClF2N2O2/c1-2-16-9(15)7-6(8(11)12)4(13)3-5(10)14-7/h3,8H,2H2,1H3,(H2,13,14). The number of anilines is 1. The minimum Gasteiger partial charge on any atom is -0.461 e. The van der Waals surface area contributed by atoms with Crippen LogP contribution in [0.15, 0.2) is 6.07 Å². The van der Waals surface area contributed by atoms with Gasteiger partial charge in [0.15, 0.2) is 5.69 Å². The number of rotatable bonds is 3. The van der Waals surface area contributed by atoms with E-state index in [4.69, 9.17) is 17.3 Å². The highest BCUT2D eigenvalue weighted by molar-refractivity contribution is 6.29. The molecule has 16 heavy (non-hydrogen) atoms. The monoisotopic (exact) mass is 250 g/mol. The second-order valence-electron chi connectivity index (χ2n) is 2.82. The van der Waals surface area contributed by atoms with Gasteiger partial charge in [0.2, 0.25) is 0 Å². The topological polar surface area (TPSA) is 65.2 Å². The lowest BCUT2D eigenvalue weighted by Crippen LogP contribution is -2.13. The van der Waals surface area contributed by atoms with E-state index in [1.165, 1.54) is 0 Å². The van der Waals surface area contributed by atoms with Crippen molar-refractivity contribution in [3.63, 3.8) is 0 Å². The van der Waals surface area contributed by atoms with Gasteiger partial charge in [-0.3, -0.25) is 0 Å². The molecular formula is C9H9ClF2N2O2. The molecule has 0 amide bonds. The van der Waals surface area contributed by atoms with Crippen LogP contribution in [0.5, 0.6) is 0 Å². The van der Waals surface area contributed by atoms with Crippen LogP contribution >= 0.6 is 11.6 Å². The average Bonchev–Trinajstić information content (AvgIpc) is 2.15. The molecule has 0 aliphatic rings. The lowest BCUT2D eigenvalue weighted by molar-refractivity contribution is 0.0508. The van der Waals surface area contributed by atoms with E-state index < -0.39 is 23.7 Å². The van der Waals surface area contributed by atoms with E-state index in [1.807, 2.05) is 0 Å². The molecular weight excluding hydrogens is 242 g/mol. The van der Waals surface area contributed by atoms with Crippen molar-refractivity contribution < 1.29 is 18.3 Å². The molecule has 0 spiro atoms. The summed E-state index contributed by atoms with van der Waals surface area (Å²) in [5, 5.41) is -0.134. The molecule has 0 radical (unpaired) electrons. The van der Waals surface area contributed by atoms with Gasteiger partial charge in [-0.25, -0.2) is 18.6 Å². The molecule has 0 aliphatic carbocycles. The number of hydrogen-bond acceptors (Lipinski definition) is 4. The van der Waals surface area contributed by atoms with Crippen molar-refractivity contribution in [2.45, 2.75) is 13.3 Å². The van der Waals surface area contributed by atoms with E-state index in [2.05, 4.69) is 9.72 Å². The zero-order valence-corrected chi connectivity index (χ0v) is 9.09. The normalized spacial score (nSPS) is 10.6. The van der Waals surface area contributed by atoms with Crippen molar-refractivity contribution in [1.29, 1.82) is 0 Å². The highest BCUT2D eigenvalue weighted by Crippen LogP contribution is 2.29. The van der Waals surface area contributed by atoms with Crippen molar-refractivity contribution in [2.75, 3.05) is 12.3 Å². The van der Waals surface area contributed by atoms with E-state index in [0.29, 0.717) is 0 Å². The number of esters is 1. The molecule has 0 unspecified atom stereocenters. The predicted molar refractivity (Wildman–Crippen MR) is 54.6 cm³/mol. The highest BCUT2D eigenvalue weighted by atomic mass is 35.5. The molecule has 88 valence electrons. The van der Waals surface area contributed by atoms with Gasteiger partial charge in [-0.15, -0.1) is 0 Å². The van der Waals surface area contributed by atoms with E-state index >= 15 is 0 Å². The quantitative estimate of drug-likeness (QED) is 0.661. The van der Waals surface area contributed by atoms with Gasteiger partial charge in [0.25, 0.3) is 6.43 Å². The maximum Gasteiger partial charge on any atom is 0.357 e. The summed E-state index contributed by atoms with van der Waals surface area (Å²) in [6.07, 6.45) is -2.91. The lowest BCUT2D eigenvalue weighted by atomic mass is 10.1. The van der Waals surface area contributed by atoms with Crippen LogP contribution in [-0.4, -0.2) is 17.6 Å². The zero-order chi connectivity index (χ0) is 12.3. The summed E-state index contributed by atoms with van der Waals surface area (Å²) < 4.78 is 29.9. The van der Waals surface area contributed by atoms with E-state index in [-0.39, 0.29) is 17.4 Å². The number of aromatic nitrogens is 1. The third-order valence-electron chi connectivity index (χ3n) is 1.75. The van der Waals surface area contributed by atoms with E-state index in [9.17, 15) is 13.6 Å². The van der Waals surface area contributed by atoms with Gasteiger partial charge in [-0.1, -0.05) is 11.6 Å². The highest BCUT2D eigenvalue weighted by Gasteiger charge is 2.24. The zero-order valence-electron chi connectivity index (χ0n) is 8.34. The van der Waals surface area contributed by atoms with Crippen molar-refractivity contribution in [3.05, 3.63) is 22.5 Å². The third kappa shape index (κ3) is 2.57. The fourth-order valence-electron chi connectivity index (χ4n) is 1.13. The molecule has 0 bridgehead atoms. The summed E-state index contributed by atoms with van der Waals surface area (Å²) in [5.41, 5.74) is 3.88. The number of carbonyl (C=O) groups excluding carboxylic acids is 1. The molecule has 0 saturated carbocycles. The molecule has 7 heteroatoms. The fraction of sp³-hybridized carbons (Fsp3) is 0.333. The first-order chi connectivity index (χ1) is 7.47. The van der Waals surface area contributed by atoms with Gasteiger partial charge in [0.05, 0.1) is 12.2 Å². The van der Waals surface area contributed by atoms with Gasteiger partial charge in [0.1, 0.15) is 5.15 Å². The summed E-state index contributed by atoms with van der Waals surface area (Å²) in [5.74, 6) is -0.966. The van der Waals surface area contributed by atoms with Crippen LogP contribution in [0.1, 0.15) is 29.4 Å². The van der Waals surface area contributed by atoms with Crippen LogP contribution in [0.25, 0.3) is 0 Å². The Hall–Kier alpha value is -1.43. The lowest BCUT2D eigenvalue weighted by Gasteiger charge is -2.10. The number of ether oxygens (including phenoxy) is 1.